The van der Waals surface area contributed by atoms with Gasteiger partial charge in [0.2, 0.25) is 5.91 Å². The number of esters is 1. The Labute approximate surface area is 165 Å². The summed E-state index contributed by atoms with van der Waals surface area (Å²) in [4.78, 5) is 47.2. The highest BCUT2D eigenvalue weighted by molar-refractivity contribution is 5.98. The van der Waals surface area contributed by atoms with Crippen molar-refractivity contribution in [1.29, 1.82) is 0 Å². The molecule has 0 bridgehead atoms. The van der Waals surface area contributed by atoms with Crippen LogP contribution in [-0.2, 0) is 25.7 Å². The summed E-state index contributed by atoms with van der Waals surface area (Å²) in [7, 11) is 0. The molecule has 0 aromatic heterocycles. The lowest BCUT2D eigenvalue weighted by Gasteiger charge is -2.16. The van der Waals surface area contributed by atoms with Gasteiger partial charge >= 0.3 is 12.1 Å². The van der Waals surface area contributed by atoms with Crippen LogP contribution in [0.4, 0.5) is 9.18 Å². The van der Waals surface area contributed by atoms with Crippen molar-refractivity contribution in [2.24, 2.45) is 5.73 Å². The Morgan fingerprint density at radius 3 is 2.24 bits per heavy atom. The van der Waals surface area contributed by atoms with Gasteiger partial charge in [-0.25, -0.2) is 14.0 Å². The average molecular weight is 402 g/mol. The molecule has 2 aromatic carbocycles. The maximum atomic E-state index is 12.9. The van der Waals surface area contributed by atoms with E-state index in [4.69, 9.17) is 15.2 Å². The molecule has 0 saturated heterocycles. The molecule has 0 aliphatic rings. The molecule has 0 heterocycles. The van der Waals surface area contributed by atoms with Crippen molar-refractivity contribution >= 4 is 23.8 Å². The van der Waals surface area contributed by atoms with Crippen LogP contribution in [0.15, 0.2) is 54.6 Å². The Balaban J connectivity index is 1.89. The standard InChI is InChI=1S/C20H19FN2O6/c21-15-8-6-14(7-9-15)17(24)12-28-19(26)16(10-18(22)25)23-20(27)29-11-13-4-2-1-3-5-13/h1-9,16H,10-12H2,(H2,22,25)(H,23,27)/t16-/m1/s1. The summed E-state index contributed by atoms with van der Waals surface area (Å²) in [6.45, 7) is -0.700. The summed E-state index contributed by atoms with van der Waals surface area (Å²) in [5.74, 6) is -2.99. The van der Waals surface area contributed by atoms with E-state index in [1.165, 1.54) is 12.1 Å². The van der Waals surface area contributed by atoms with Crippen molar-refractivity contribution in [3.05, 3.63) is 71.5 Å². The van der Waals surface area contributed by atoms with Crippen LogP contribution in [0, 0.1) is 5.82 Å². The van der Waals surface area contributed by atoms with Gasteiger partial charge in [-0.15, -0.1) is 0 Å². The first-order chi connectivity index (χ1) is 13.8. The van der Waals surface area contributed by atoms with Gasteiger partial charge in [0.05, 0.1) is 6.42 Å². The number of ketones is 1. The van der Waals surface area contributed by atoms with Gasteiger partial charge in [0, 0.05) is 5.56 Å². The van der Waals surface area contributed by atoms with Gasteiger partial charge in [-0.3, -0.25) is 9.59 Å². The molecule has 0 fully saturated rings. The number of nitrogens with two attached hydrogens (primary N) is 1. The number of hydrogen-bond donors (Lipinski definition) is 2. The first kappa shape index (κ1) is 21.5. The number of Topliss-reactive ketones (excluding diaryl/α,β-unsaturated/α-hetero) is 1. The number of nitrogens with one attached hydrogen (secondary N) is 1. The number of primary amides is 1. The number of hydrogen-bond acceptors (Lipinski definition) is 6. The summed E-state index contributed by atoms with van der Waals surface area (Å²) in [6, 6.07) is 12.1. The fourth-order valence-electron chi connectivity index (χ4n) is 2.26. The van der Waals surface area contributed by atoms with Crippen LogP contribution in [-0.4, -0.2) is 36.4 Å². The molecule has 0 aliphatic heterocycles. The van der Waals surface area contributed by atoms with E-state index in [1.54, 1.807) is 30.3 Å². The third kappa shape index (κ3) is 7.41. The van der Waals surface area contributed by atoms with E-state index in [2.05, 4.69) is 5.32 Å². The molecule has 0 saturated carbocycles. The van der Waals surface area contributed by atoms with E-state index in [9.17, 15) is 23.6 Å². The molecular formula is C20H19FN2O6. The molecule has 29 heavy (non-hydrogen) atoms. The molecular weight excluding hydrogens is 383 g/mol. The van der Waals surface area contributed by atoms with Gasteiger partial charge in [-0.1, -0.05) is 30.3 Å². The molecule has 2 amide bonds. The Hall–Kier alpha value is -3.75. The lowest BCUT2D eigenvalue weighted by atomic mass is 10.1. The van der Waals surface area contributed by atoms with E-state index in [1.807, 2.05) is 0 Å². The third-order valence-corrected chi connectivity index (χ3v) is 3.71. The summed E-state index contributed by atoms with van der Waals surface area (Å²) in [5, 5.41) is 2.19. The number of halogens is 1. The molecule has 0 radical (unpaired) electrons. The van der Waals surface area contributed by atoms with E-state index >= 15 is 0 Å². The number of alkyl carbamates (subject to hydrolysis) is 1. The second kappa shape index (κ2) is 10.5. The average Bonchev–Trinajstić information content (AvgIpc) is 2.70. The Kier molecular flexibility index (Phi) is 7.84. The predicted molar refractivity (Wildman–Crippen MR) is 99.1 cm³/mol. The Morgan fingerprint density at radius 1 is 0.966 bits per heavy atom. The predicted octanol–water partition coefficient (Wildman–Crippen LogP) is 1.72. The van der Waals surface area contributed by atoms with Crippen LogP contribution in [0.5, 0.6) is 0 Å². The van der Waals surface area contributed by atoms with Gasteiger partial charge < -0.3 is 20.5 Å². The molecule has 3 N–H and O–H groups in total. The van der Waals surface area contributed by atoms with Crippen molar-refractivity contribution in [3.8, 4) is 0 Å². The molecule has 9 heteroatoms. The molecule has 1 atom stereocenters. The molecule has 2 aromatic rings. The van der Waals surface area contributed by atoms with Gasteiger partial charge in [0.1, 0.15) is 18.5 Å². The van der Waals surface area contributed by atoms with Crippen LogP contribution < -0.4 is 11.1 Å². The fraction of sp³-hybridized carbons (Fsp3) is 0.200. The highest BCUT2D eigenvalue weighted by Crippen LogP contribution is 2.06. The maximum absolute atomic E-state index is 12.9. The summed E-state index contributed by atoms with van der Waals surface area (Å²) in [5.41, 5.74) is 5.96. The van der Waals surface area contributed by atoms with E-state index in [0.717, 1.165) is 17.7 Å². The van der Waals surface area contributed by atoms with Gasteiger partial charge in [-0.05, 0) is 29.8 Å². The van der Waals surface area contributed by atoms with Crippen molar-refractivity contribution in [3.63, 3.8) is 0 Å². The second-order valence-corrected chi connectivity index (χ2v) is 5.97. The Bertz CT molecular complexity index is 870. The molecule has 152 valence electrons. The minimum Gasteiger partial charge on any atom is -0.456 e. The maximum Gasteiger partial charge on any atom is 0.408 e. The smallest absolute Gasteiger partial charge is 0.408 e. The minimum atomic E-state index is -1.42. The van der Waals surface area contributed by atoms with Crippen LogP contribution in [0.1, 0.15) is 22.3 Å². The first-order valence-corrected chi connectivity index (χ1v) is 8.56. The van der Waals surface area contributed by atoms with Crippen LogP contribution in [0.25, 0.3) is 0 Å². The van der Waals surface area contributed by atoms with Crippen LogP contribution >= 0.6 is 0 Å². The fourth-order valence-corrected chi connectivity index (χ4v) is 2.26. The van der Waals surface area contributed by atoms with Crippen molar-refractivity contribution in [2.45, 2.75) is 19.1 Å². The third-order valence-electron chi connectivity index (χ3n) is 3.71. The molecule has 0 spiro atoms. The summed E-state index contributed by atoms with van der Waals surface area (Å²) < 4.78 is 22.7. The lowest BCUT2D eigenvalue weighted by molar-refractivity contribution is -0.146. The lowest BCUT2D eigenvalue weighted by Crippen LogP contribution is -2.44. The zero-order valence-corrected chi connectivity index (χ0v) is 15.3. The van der Waals surface area contributed by atoms with Gasteiger partial charge in [-0.2, -0.15) is 0 Å². The number of benzene rings is 2. The van der Waals surface area contributed by atoms with Crippen LogP contribution in [0.2, 0.25) is 0 Å². The highest BCUT2D eigenvalue weighted by Gasteiger charge is 2.26. The molecule has 8 nitrogen and oxygen atoms in total. The summed E-state index contributed by atoms with van der Waals surface area (Å²) in [6.07, 6.45) is -1.49. The van der Waals surface area contributed by atoms with Crippen molar-refractivity contribution < 1.29 is 33.0 Å². The topological polar surface area (TPSA) is 125 Å². The largest absolute Gasteiger partial charge is 0.456 e. The van der Waals surface area contributed by atoms with E-state index in [0.29, 0.717) is 0 Å². The molecule has 0 aliphatic carbocycles. The van der Waals surface area contributed by atoms with Crippen molar-refractivity contribution in [1.82, 2.24) is 5.32 Å². The SMILES string of the molecule is NC(=O)C[C@@H](NC(=O)OCc1ccccc1)C(=O)OCC(=O)c1ccc(F)cc1. The van der Waals surface area contributed by atoms with Gasteiger partial charge in [0.15, 0.2) is 12.4 Å². The van der Waals surface area contributed by atoms with E-state index in [-0.39, 0.29) is 12.2 Å². The summed E-state index contributed by atoms with van der Waals surface area (Å²) >= 11 is 0. The number of rotatable bonds is 9. The number of ether oxygens (including phenoxy) is 2. The first-order valence-electron chi connectivity index (χ1n) is 8.56. The monoisotopic (exact) mass is 402 g/mol. The second-order valence-electron chi connectivity index (χ2n) is 5.97. The molecule has 0 unspecified atom stereocenters. The van der Waals surface area contributed by atoms with E-state index < -0.39 is 48.6 Å². The number of carbonyl (C=O) groups is 4. The quantitative estimate of drug-likeness (QED) is 0.486. The Morgan fingerprint density at radius 2 is 1.62 bits per heavy atom. The van der Waals surface area contributed by atoms with Crippen LogP contribution in [0.3, 0.4) is 0 Å². The molecule has 2 rings (SSSR count). The number of carbonyl (C=O) groups excluding carboxylic acids is 4. The highest BCUT2D eigenvalue weighted by atomic mass is 19.1. The van der Waals surface area contributed by atoms with Crippen molar-refractivity contribution in [2.75, 3.05) is 6.61 Å². The number of amides is 2. The van der Waals surface area contributed by atoms with Gasteiger partial charge in [0.25, 0.3) is 0 Å². The minimum absolute atomic E-state index is 0.0476. The normalized spacial score (nSPS) is 11.2. The zero-order chi connectivity index (χ0) is 21.2. The zero-order valence-electron chi connectivity index (χ0n) is 15.3.